The standard InChI is InChI=1S/C15H16BrN3O2/c1-19(9-10-3-5-12(21-2)6-4-10)15(20)13-7-11(16)8-18-14(13)17/h3-8H,9H2,1-2H3,(H2,17,18). The molecule has 0 aliphatic carbocycles. The first kappa shape index (κ1) is 15.3. The van der Waals surface area contributed by atoms with Gasteiger partial charge in [0.05, 0.1) is 12.7 Å². The van der Waals surface area contributed by atoms with Crippen LogP contribution in [0.3, 0.4) is 0 Å². The molecule has 2 aromatic rings. The Bertz CT molecular complexity index is 644. The van der Waals surface area contributed by atoms with Crippen molar-refractivity contribution in [3.8, 4) is 5.75 Å². The van der Waals surface area contributed by atoms with Crippen LogP contribution in [0.4, 0.5) is 5.82 Å². The lowest BCUT2D eigenvalue weighted by atomic mass is 10.2. The SMILES string of the molecule is COc1ccc(CN(C)C(=O)c2cc(Br)cnc2N)cc1. The van der Waals surface area contributed by atoms with E-state index in [1.807, 2.05) is 24.3 Å². The number of carbonyl (C=O) groups is 1. The van der Waals surface area contributed by atoms with Gasteiger partial charge in [-0.3, -0.25) is 4.79 Å². The van der Waals surface area contributed by atoms with Crippen molar-refractivity contribution in [1.29, 1.82) is 0 Å². The molecule has 0 atom stereocenters. The number of anilines is 1. The number of halogens is 1. The largest absolute Gasteiger partial charge is 0.497 e. The highest BCUT2D eigenvalue weighted by molar-refractivity contribution is 9.10. The molecule has 0 aliphatic rings. The molecule has 1 aromatic carbocycles. The summed E-state index contributed by atoms with van der Waals surface area (Å²) in [6, 6.07) is 9.25. The maximum absolute atomic E-state index is 12.4. The van der Waals surface area contributed by atoms with E-state index in [0.717, 1.165) is 15.8 Å². The molecule has 2 rings (SSSR count). The summed E-state index contributed by atoms with van der Waals surface area (Å²) >= 11 is 3.29. The van der Waals surface area contributed by atoms with Gasteiger partial charge in [-0.25, -0.2) is 4.98 Å². The van der Waals surface area contributed by atoms with Crippen molar-refractivity contribution in [3.63, 3.8) is 0 Å². The summed E-state index contributed by atoms with van der Waals surface area (Å²) in [7, 11) is 3.35. The first-order valence-electron chi connectivity index (χ1n) is 6.30. The van der Waals surface area contributed by atoms with E-state index in [-0.39, 0.29) is 11.7 Å². The third-order valence-electron chi connectivity index (χ3n) is 3.04. The molecule has 0 radical (unpaired) electrons. The van der Waals surface area contributed by atoms with Crippen LogP contribution in [0.15, 0.2) is 41.0 Å². The molecule has 0 bridgehead atoms. The zero-order valence-corrected chi connectivity index (χ0v) is 13.4. The Balaban J connectivity index is 2.13. The van der Waals surface area contributed by atoms with E-state index in [9.17, 15) is 4.79 Å². The number of benzene rings is 1. The second-order valence-corrected chi connectivity index (χ2v) is 5.51. The van der Waals surface area contributed by atoms with E-state index in [1.54, 1.807) is 31.3 Å². The second-order valence-electron chi connectivity index (χ2n) is 4.60. The molecule has 0 saturated carbocycles. The fraction of sp³-hybridized carbons (Fsp3) is 0.200. The minimum absolute atomic E-state index is 0.169. The predicted octanol–water partition coefficient (Wildman–Crippen LogP) is 2.71. The average molecular weight is 350 g/mol. The van der Waals surface area contributed by atoms with Crippen molar-refractivity contribution in [1.82, 2.24) is 9.88 Å². The molecule has 1 aromatic heterocycles. The quantitative estimate of drug-likeness (QED) is 0.921. The predicted molar refractivity (Wildman–Crippen MR) is 85.1 cm³/mol. The smallest absolute Gasteiger partial charge is 0.257 e. The number of hydrogen-bond donors (Lipinski definition) is 1. The van der Waals surface area contributed by atoms with E-state index in [1.165, 1.54) is 0 Å². The minimum atomic E-state index is -0.169. The number of nitrogens with zero attached hydrogens (tertiary/aromatic N) is 2. The summed E-state index contributed by atoms with van der Waals surface area (Å²) < 4.78 is 5.83. The third kappa shape index (κ3) is 3.72. The topological polar surface area (TPSA) is 68.5 Å². The lowest BCUT2D eigenvalue weighted by molar-refractivity contribution is 0.0785. The summed E-state index contributed by atoms with van der Waals surface area (Å²) in [5.41, 5.74) is 7.16. The van der Waals surface area contributed by atoms with Gasteiger partial charge < -0.3 is 15.4 Å². The number of hydrogen-bond acceptors (Lipinski definition) is 4. The van der Waals surface area contributed by atoms with Crippen LogP contribution in [0.1, 0.15) is 15.9 Å². The van der Waals surface area contributed by atoms with Crippen LogP contribution in [-0.2, 0) is 6.54 Å². The number of methoxy groups -OCH3 is 1. The van der Waals surface area contributed by atoms with Crippen molar-refractivity contribution < 1.29 is 9.53 Å². The Hall–Kier alpha value is -2.08. The highest BCUT2D eigenvalue weighted by atomic mass is 79.9. The molecule has 0 unspecified atom stereocenters. The fourth-order valence-corrected chi connectivity index (χ4v) is 2.23. The van der Waals surface area contributed by atoms with Crippen molar-refractivity contribution >= 4 is 27.7 Å². The molecule has 2 N–H and O–H groups in total. The van der Waals surface area contributed by atoms with Crippen LogP contribution in [0.5, 0.6) is 5.75 Å². The van der Waals surface area contributed by atoms with E-state index in [0.29, 0.717) is 12.1 Å². The maximum Gasteiger partial charge on any atom is 0.257 e. The Morgan fingerprint density at radius 3 is 2.67 bits per heavy atom. The molecule has 21 heavy (non-hydrogen) atoms. The van der Waals surface area contributed by atoms with Crippen LogP contribution >= 0.6 is 15.9 Å². The van der Waals surface area contributed by atoms with Crippen LogP contribution in [0, 0.1) is 0 Å². The molecule has 1 amide bonds. The molecule has 110 valence electrons. The Kier molecular flexibility index (Phi) is 4.80. The van der Waals surface area contributed by atoms with E-state index in [4.69, 9.17) is 10.5 Å². The molecule has 5 nitrogen and oxygen atoms in total. The van der Waals surface area contributed by atoms with Gasteiger partial charge in [0.1, 0.15) is 11.6 Å². The Labute approximate surface area is 131 Å². The monoisotopic (exact) mass is 349 g/mol. The van der Waals surface area contributed by atoms with Gasteiger partial charge in [-0.1, -0.05) is 12.1 Å². The molecular weight excluding hydrogens is 334 g/mol. The summed E-state index contributed by atoms with van der Waals surface area (Å²) in [5.74, 6) is 0.843. The van der Waals surface area contributed by atoms with Crippen molar-refractivity contribution in [2.24, 2.45) is 0 Å². The van der Waals surface area contributed by atoms with E-state index in [2.05, 4.69) is 20.9 Å². The number of carbonyl (C=O) groups excluding carboxylic acids is 1. The molecule has 1 heterocycles. The summed E-state index contributed by atoms with van der Waals surface area (Å²) in [6.07, 6.45) is 1.57. The van der Waals surface area contributed by atoms with Gasteiger partial charge in [0, 0.05) is 24.3 Å². The van der Waals surface area contributed by atoms with Crippen LogP contribution in [0.25, 0.3) is 0 Å². The van der Waals surface area contributed by atoms with Crippen molar-refractivity contribution in [2.45, 2.75) is 6.54 Å². The molecular formula is C15H16BrN3O2. The fourth-order valence-electron chi connectivity index (χ4n) is 1.90. The van der Waals surface area contributed by atoms with E-state index >= 15 is 0 Å². The van der Waals surface area contributed by atoms with Gasteiger partial charge in [-0.2, -0.15) is 0 Å². The maximum atomic E-state index is 12.4. The number of amides is 1. The summed E-state index contributed by atoms with van der Waals surface area (Å²) in [6.45, 7) is 0.481. The van der Waals surface area contributed by atoms with Gasteiger partial charge in [-0.05, 0) is 39.7 Å². The van der Waals surface area contributed by atoms with Gasteiger partial charge in [0.25, 0.3) is 5.91 Å². The van der Waals surface area contributed by atoms with Gasteiger partial charge in [0.15, 0.2) is 0 Å². The first-order valence-corrected chi connectivity index (χ1v) is 7.10. The zero-order valence-electron chi connectivity index (χ0n) is 11.8. The normalized spacial score (nSPS) is 10.2. The van der Waals surface area contributed by atoms with Gasteiger partial charge in [0.2, 0.25) is 0 Å². The molecule has 0 saturated heterocycles. The lowest BCUT2D eigenvalue weighted by Gasteiger charge is -2.18. The first-order chi connectivity index (χ1) is 10.0. The van der Waals surface area contributed by atoms with Crippen molar-refractivity contribution in [3.05, 3.63) is 52.1 Å². The number of aromatic nitrogens is 1. The zero-order chi connectivity index (χ0) is 15.4. The number of rotatable bonds is 4. The summed E-state index contributed by atoms with van der Waals surface area (Å²) in [5, 5.41) is 0. The van der Waals surface area contributed by atoms with Gasteiger partial charge >= 0.3 is 0 Å². The highest BCUT2D eigenvalue weighted by Crippen LogP contribution is 2.18. The number of nitrogen functional groups attached to an aromatic ring is 1. The van der Waals surface area contributed by atoms with E-state index < -0.39 is 0 Å². The van der Waals surface area contributed by atoms with Crippen LogP contribution < -0.4 is 10.5 Å². The van der Waals surface area contributed by atoms with Crippen molar-refractivity contribution in [2.75, 3.05) is 19.9 Å². The molecule has 0 fully saturated rings. The molecule has 6 heteroatoms. The van der Waals surface area contributed by atoms with Gasteiger partial charge in [-0.15, -0.1) is 0 Å². The second kappa shape index (κ2) is 6.58. The lowest BCUT2D eigenvalue weighted by Crippen LogP contribution is -2.27. The highest BCUT2D eigenvalue weighted by Gasteiger charge is 2.16. The number of nitrogens with two attached hydrogens (primary N) is 1. The molecule has 0 spiro atoms. The van der Waals surface area contributed by atoms with Crippen LogP contribution in [0.2, 0.25) is 0 Å². The number of pyridine rings is 1. The molecule has 0 aliphatic heterocycles. The Morgan fingerprint density at radius 1 is 1.38 bits per heavy atom. The Morgan fingerprint density at radius 2 is 2.05 bits per heavy atom. The third-order valence-corrected chi connectivity index (χ3v) is 3.47. The number of ether oxygens (including phenoxy) is 1. The average Bonchev–Trinajstić information content (AvgIpc) is 2.49. The minimum Gasteiger partial charge on any atom is -0.497 e. The summed E-state index contributed by atoms with van der Waals surface area (Å²) in [4.78, 5) is 18.0. The van der Waals surface area contributed by atoms with Crippen LogP contribution in [-0.4, -0.2) is 29.9 Å².